The number of rotatable bonds is 8. The Kier molecular flexibility index (Phi) is 8.12. The summed E-state index contributed by atoms with van der Waals surface area (Å²) in [5.74, 6) is -0.354. The van der Waals surface area contributed by atoms with Gasteiger partial charge in [-0.2, -0.15) is 0 Å². The third kappa shape index (κ3) is 7.43. The molecule has 5 nitrogen and oxygen atoms in total. The fourth-order valence-corrected chi connectivity index (χ4v) is 3.89. The van der Waals surface area contributed by atoms with Gasteiger partial charge in [0, 0.05) is 20.5 Å². The molecule has 2 amide bonds. The summed E-state index contributed by atoms with van der Waals surface area (Å²) in [6, 6.07) is 22.7. The van der Waals surface area contributed by atoms with Crippen LogP contribution in [0, 0.1) is 6.92 Å². The van der Waals surface area contributed by atoms with Crippen molar-refractivity contribution in [3.8, 4) is 0 Å². The Hall–Kier alpha value is -2.80. The number of hydrogen-bond acceptors (Lipinski definition) is 4. The highest BCUT2D eigenvalue weighted by Gasteiger charge is 2.13. The molecule has 2 N–H and O–H groups in total. The third-order valence-electron chi connectivity index (χ3n) is 4.36. The molecule has 7 heteroatoms. The summed E-state index contributed by atoms with van der Waals surface area (Å²) in [6.45, 7) is 2.20. The van der Waals surface area contributed by atoms with Gasteiger partial charge in [0.1, 0.15) is 0 Å². The summed E-state index contributed by atoms with van der Waals surface area (Å²) >= 11 is 7.50. The average Bonchev–Trinajstić information content (AvgIpc) is 2.72. The number of nitrogens with zero attached hydrogens (tertiary/aromatic N) is 1. The molecule has 0 saturated heterocycles. The van der Waals surface area contributed by atoms with E-state index in [0.717, 1.165) is 26.7 Å². The first-order valence-electron chi connectivity index (χ1n) is 9.76. The lowest BCUT2D eigenvalue weighted by molar-refractivity contribution is -0.119. The maximum atomic E-state index is 12.5. The number of benzene rings is 3. The van der Waals surface area contributed by atoms with Crippen molar-refractivity contribution in [3.63, 3.8) is 0 Å². The number of aryl methyl sites for hydroxylation is 1. The molecule has 0 aliphatic heterocycles. The number of nitrogens with one attached hydrogen (secondary N) is 2. The minimum absolute atomic E-state index is 0.0985. The van der Waals surface area contributed by atoms with Crippen molar-refractivity contribution in [2.24, 2.45) is 0 Å². The van der Waals surface area contributed by atoms with Crippen molar-refractivity contribution in [2.75, 3.05) is 30.8 Å². The molecule has 0 fully saturated rings. The van der Waals surface area contributed by atoms with E-state index in [4.69, 9.17) is 11.6 Å². The van der Waals surface area contributed by atoms with E-state index in [1.165, 1.54) is 0 Å². The highest BCUT2D eigenvalue weighted by molar-refractivity contribution is 7.99. The number of hydrogen-bond donors (Lipinski definition) is 2. The molecule has 0 aliphatic rings. The van der Waals surface area contributed by atoms with Gasteiger partial charge in [0.2, 0.25) is 11.8 Å². The topological polar surface area (TPSA) is 61.4 Å². The van der Waals surface area contributed by atoms with E-state index in [0.29, 0.717) is 5.02 Å². The van der Waals surface area contributed by atoms with Gasteiger partial charge in [-0.1, -0.05) is 53.2 Å². The van der Waals surface area contributed by atoms with Gasteiger partial charge in [0.25, 0.3) is 0 Å². The zero-order chi connectivity index (χ0) is 22.2. The molecular weight excluding hydrogens is 430 g/mol. The zero-order valence-corrected chi connectivity index (χ0v) is 19.0. The Balaban J connectivity index is 1.53. The number of likely N-dealkylation sites (N-methyl/N-ethyl adjacent to an activating group) is 1. The minimum atomic E-state index is -0.185. The van der Waals surface area contributed by atoms with E-state index in [-0.39, 0.29) is 24.9 Å². The van der Waals surface area contributed by atoms with E-state index in [1.54, 1.807) is 23.7 Å². The molecule has 160 valence electrons. The lowest BCUT2D eigenvalue weighted by atomic mass is 10.2. The number of carbonyl (C=O) groups is 2. The summed E-state index contributed by atoms with van der Waals surface area (Å²) in [7, 11) is 1.74. The average molecular weight is 454 g/mol. The van der Waals surface area contributed by atoms with E-state index < -0.39 is 0 Å². The summed E-state index contributed by atoms with van der Waals surface area (Å²) in [4.78, 5) is 28.4. The van der Waals surface area contributed by atoms with Gasteiger partial charge in [0.05, 0.1) is 18.8 Å². The largest absolute Gasteiger partial charge is 0.325 e. The van der Waals surface area contributed by atoms with Gasteiger partial charge >= 0.3 is 0 Å². The van der Waals surface area contributed by atoms with Gasteiger partial charge in [0.15, 0.2) is 0 Å². The van der Waals surface area contributed by atoms with Crippen LogP contribution in [-0.4, -0.2) is 36.9 Å². The normalized spacial score (nSPS) is 10.7. The van der Waals surface area contributed by atoms with E-state index >= 15 is 0 Å². The Bertz CT molecular complexity index is 1040. The van der Waals surface area contributed by atoms with E-state index in [2.05, 4.69) is 10.6 Å². The van der Waals surface area contributed by atoms with Gasteiger partial charge < -0.3 is 10.6 Å². The predicted octanol–water partition coefficient (Wildman–Crippen LogP) is 5.31. The van der Waals surface area contributed by atoms with Crippen molar-refractivity contribution in [1.29, 1.82) is 0 Å². The second-order valence-corrected chi connectivity index (χ2v) is 8.74. The predicted molar refractivity (Wildman–Crippen MR) is 128 cm³/mol. The molecule has 0 bridgehead atoms. The lowest BCUT2D eigenvalue weighted by Crippen LogP contribution is -2.36. The SMILES string of the molecule is Cc1ccc(NC(=O)CN(C)CC(=O)Nc2ccccc2Sc2ccc(Cl)cc2)cc1. The molecule has 3 aromatic carbocycles. The van der Waals surface area contributed by atoms with Gasteiger partial charge in [-0.3, -0.25) is 14.5 Å². The monoisotopic (exact) mass is 453 g/mol. The molecule has 0 atom stereocenters. The molecule has 0 aromatic heterocycles. The van der Waals surface area contributed by atoms with Crippen molar-refractivity contribution in [1.82, 2.24) is 4.90 Å². The maximum Gasteiger partial charge on any atom is 0.238 e. The number of para-hydroxylation sites is 1. The molecule has 0 heterocycles. The van der Waals surface area contributed by atoms with Crippen LogP contribution in [0.5, 0.6) is 0 Å². The van der Waals surface area contributed by atoms with Crippen LogP contribution in [0.4, 0.5) is 11.4 Å². The maximum absolute atomic E-state index is 12.5. The van der Waals surface area contributed by atoms with E-state index in [9.17, 15) is 9.59 Å². The molecule has 31 heavy (non-hydrogen) atoms. The third-order valence-corrected chi connectivity index (χ3v) is 5.70. The van der Waals surface area contributed by atoms with Crippen LogP contribution < -0.4 is 10.6 Å². The molecule has 3 aromatic rings. The van der Waals surface area contributed by atoms with Crippen molar-refractivity contribution in [3.05, 3.63) is 83.4 Å². The number of carbonyl (C=O) groups excluding carboxylic acids is 2. The van der Waals surface area contributed by atoms with Gasteiger partial charge in [-0.25, -0.2) is 0 Å². The molecule has 3 rings (SSSR count). The molecule has 0 radical (unpaired) electrons. The highest BCUT2D eigenvalue weighted by Crippen LogP contribution is 2.33. The van der Waals surface area contributed by atoms with Crippen LogP contribution in [-0.2, 0) is 9.59 Å². The molecule has 0 spiro atoms. The summed E-state index contributed by atoms with van der Waals surface area (Å²) in [6.07, 6.45) is 0. The first-order chi connectivity index (χ1) is 14.9. The number of anilines is 2. The van der Waals surface area contributed by atoms with Gasteiger partial charge in [-0.15, -0.1) is 0 Å². The highest BCUT2D eigenvalue weighted by atomic mass is 35.5. The Morgan fingerprint density at radius 2 is 1.48 bits per heavy atom. The standard InChI is InChI=1S/C24H24ClN3O2S/c1-17-7-11-19(12-8-17)26-23(29)15-28(2)16-24(30)27-21-5-3-4-6-22(21)31-20-13-9-18(25)10-14-20/h3-14H,15-16H2,1-2H3,(H,26,29)(H,27,30). The smallest absolute Gasteiger partial charge is 0.238 e. The fraction of sp³-hybridized carbons (Fsp3) is 0.167. The van der Waals surface area contributed by atoms with Crippen LogP contribution in [0.15, 0.2) is 82.6 Å². The van der Waals surface area contributed by atoms with Gasteiger partial charge in [-0.05, 0) is 62.5 Å². The lowest BCUT2D eigenvalue weighted by Gasteiger charge is -2.17. The van der Waals surface area contributed by atoms with Crippen molar-refractivity contribution >= 4 is 46.6 Å². The summed E-state index contributed by atoms with van der Waals surface area (Å²) < 4.78 is 0. The Morgan fingerprint density at radius 3 is 2.16 bits per heavy atom. The first-order valence-corrected chi connectivity index (χ1v) is 11.0. The second-order valence-electron chi connectivity index (χ2n) is 7.19. The molecule has 0 unspecified atom stereocenters. The van der Waals surface area contributed by atoms with Crippen LogP contribution >= 0.6 is 23.4 Å². The molecule has 0 saturated carbocycles. The zero-order valence-electron chi connectivity index (χ0n) is 17.4. The van der Waals surface area contributed by atoms with Crippen LogP contribution in [0.2, 0.25) is 5.02 Å². The van der Waals surface area contributed by atoms with Crippen LogP contribution in [0.25, 0.3) is 0 Å². The minimum Gasteiger partial charge on any atom is -0.325 e. The van der Waals surface area contributed by atoms with Crippen molar-refractivity contribution in [2.45, 2.75) is 16.7 Å². The Morgan fingerprint density at radius 1 is 0.871 bits per heavy atom. The second kappa shape index (κ2) is 11.0. The number of amides is 2. The first kappa shape index (κ1) is 22.9. The Labute approximate surface area is 191 Å². The van der Waals surface area contributed by atoms with Crippen LogP contribution in [0.3, 0.4) is 0 Å². The molecule has 0 aliphatic carbocycles. The molecular formula is C24H24ClN3O2S. The number of halogens is 1. The van der Waals surface area contributed by atoms with E-state index in [1.807, 2.05) is 79.7 Å². The fourth-order valence-electron chi connectivity index (χ4n) is 2.86. The summed E-state index contributed by atoms with van der Waals surface area (Å²) in [5.41, 5.74) is 2.59. The van der Waals surface area contributed by atoms with Crippen molar-refractivity contribution < 1.29 is 9.59 Å². The summed E-state index contributed by atoms with van der Waals surface area (Å²) in [5, 5.41) is 6.46. The van der Waals surface area contributed by atoms with Crippen LogP contribution in [0.1, 0.15) is 5.56 Å². The quantitative estimate of drug-likeness (QED) is 0.485.